The maximum atomic E-state index is 14.0. The first kappa shape index (κ1) is 18.9. The largest absolute Gasteiger partial charge is 0.492 e. The van der Waals surface area contributed by atoms with Crippen LogP contribution in [0, 0.1) is 5.82 Å². The van der Waals surface area contributed by atoms with Crippen LogP contribution in [-0.4, -0.2) is 56.7 Å². The van der Waals surface area contributed by atoms with Crippen LogP contribution in [0.5, 0.6) is 5.88 Å². The molecule has 1 atom stereocenters. The number of hydrogen-bond acceptors (Lipinski definition) is 7. The summed E-state index contributed by atoms with van der Waals surface area (Å²) in [5, 5.41) is 15.3. The fourth-order valence-corrected chi connectivity index (χ4v) is 5.37. The second kappa shape index (κ2) is 7.32. The number of rotatable bonds is 4. The quantitative estimate of drug-likeness (QED) is 0.702. The van der Waals surface area contributed by atoms with Gasteiger partial charge in [0.15, 0.2) is 11.6 Å². The first-order valence-electron chi connectivity index (χ1n) is 9.93. The van der Waals surface area contributed by atoms with Gasteiger partial charge in [-0.05, 0) is 17.7 Å². The van der Waals surface area contributed by atoms with Crippen molar-refractivity contribution >= 4 is 16.3 Å². The van der Waals surface area contributed by atoms with E-state index in [0.717, 1.165) is 23.3 Å². The summed E-state index contributed by atoms with van der Waals surface area (Å²) in [5.41, 5.74) is 0.796. The van der Waals surface area contributed by atoms with E-state index in [1.165, 1.54) is 28.0 Å². The molecule has 2 saturated heterocycles. The Kier molecular flexibility index (Phi) is 4.78. The molecule has 0 saturated carbocycles. The molecule has 2 fully saturated rings. The van der Waals surface area contributed by atoms with Crippen LogP contribution in [0.1, 0.15) is 42.1 Å². The van der Waals surface area contributed by atoms with E-state index < -0.39 is 5.79 Å². The van der Waals surface area contributed by atoms with E-state index in [4.69, 9.17) is 9.47 Å². The van der Waals surface area contributed by atoms with Crippen molar-refractivity contribution in [2.45, 2.75) is 38.0 Å². The number of nitrogens with zero attached hydrogens (tertiary/aromatic N) is 4. The lowest BCUT2D eigenvalue weighted by molar-refractivity contribution is -0.187. The highest BCUT2D eigenvalue weighted by Gasteiger charge is 2.42. The average molecular weight is 418 g/mol. The van der Waals surface area contributed by atoms with Crippen LogP contribution >= 0.6 is 11.3 Å². The Morgan fingerprint density at radius 3 is 2.69 bits per heavy atom. The number of hydrogen-bond donors (Lipinski definition) is 1. The van der Waals surface area contributed by atoms with Crippen LogP contribution in [-0.2, 0) is 15.9 Å². The van der Waals surface area contributed by atoms with Crippen molar-refractivity contribution in [1.29, 1.82) is 0 Å². The van der Waals surface area contributed by atoms with Gasteiger partial charge in [0.2, 0.25) is 10.8 Å². The molecule has 2 aliphatic rings. The van der Waals surface area contributed by atoms with Crippen molar-refractivity contribution in [2.75, 3.05) is 26.3 Å². The number of likely N-dealkylation sites (tertiary alicyclic amines) is 1. The minimum atomic E-state index is -0.493. The highest BCUT2D eigenvalue weighted by Crippen LogP contribution is 2.43. The third kappa shape index (κ3) is 3.31. The van der Waals surface area contributed by atoms with Crippen molar-refractivity contribution in [2.24, 2.45) is 0 Å². The lowest BCUT2D eigenvalue weighted by atomic mass is 9.97. The predicted octanol–water partition coefficient (Wildman–Crippen LogP) is 3.13. The highest BCUT2D eigenvalue weighted by atomic mass is 32.1. The van der Waals surface area contributed by atoms with Gasteiger partial charge in [0.1, 0.15) is 5.82 Å². The van der Waals surface area contributed by atoms with Crippen LogP contribution in [0.2, 0.25) is 0 Å². The third-order valence-corrected chi connectivity index (χ3v) is 6.78. The SMILES string of the molecule is CCc1nc2sc(C(c3cccc(F)c3)N3CCC4(CC3)OCCO4)c(O)n2n1. The molecule has 1 unspecified atom stereocenters. The molecule has 4 heterocycles. The van der Waals surface area contributed by atoms with E-state index in [1.54, 1.807) is 6.07 Å². The molecular weight excluding hydrogens is 395 g/mol. The molecule has 154 valence electrons. The van der Waals surface area contributed by atoms with Gasteiger partial charge in [0, 0.05) is 32.4 Å². The fraction of sp³-hybridized carbons (Fsp3) is 0.500. The van der Waals surface area contributed by atoms with Crippen molar-refractivity contribution in [3.63, 3.8) is 0 Å². The molecular formula is C20H23FN4O3S. The topological polar surface area (TPSA) is 72.1 Å². The lowest BCUT2D eigenvalue weighted by Crippen LogP contribution is -2.46. The van der Waals surface area contributed by atoms with Crippen LogP contribution in [0.4, 0.5) is 4.39 Å². The Bertz CT molecular complexity index is 1020. The summed E-state index contributed by atoms with van der Waals surface area (Å²) in [7, 11) is 0. The van der Waals surface area contributed by atoms with Crippen molar-refractivity contribution in [1.82, 2.24) is 19.5 Å². The zero-order valence-electron chi connectivity index (χ0n) is 16.2. The first-order valence-corrected chi connectivity index (χ1v) is 10.7. The number of halogens is 1. The Labute approximate surface area is 171 Å². The molecule has 2 aromatic heterocycles. The number of ether oxygens (including phenoxy) is 2. The Balaban J connectivity index is 1.53. The highest BCUT2D eigenvalue weighted by molar-refractivity contribution is 7.17. The second-order valence-corrected chi connectivity index (χ2v) is 8.48. The minimum absolute atomic E-state index is 0.0696. The standard InChI is InChI=1S/C20H23FN4O3S/c1-2-15-22-19-25(23-15)18(26)17(29-19)16(13-4-3-5-14(21)12-13)24-8-6-20(7-9-24)27-10-11-28-20/h3-5,12,16,26H,2,6-11H2,1H3. The van der Waals surface area contributed by atoms with Gasteiger partial charge in [-0.15, -0.1) is 5.10 Å². The molecule has 7 nitrogen and oxygen atoms in total. The van der Waals surface area contributed by atoms with Crippen LogP contribution < -0.4 is 0 Å². The van der Waals surface area contributed by atoms with Crippen molar-refractivity contribution < 1.29 is 19.0 Å². The molecule has 2 aliphatic heterocycles. The van der Waals surface area contributed by atoms with Gasteiger partial charge in [-0.3, -0.25) is 4.90 Å². The molecule has 0 aliphatic carbocycles. The maximum absolute atomic E-state index is 14.0. The summed E-state index contributed by atoms with van der Waals surface area (Å²) in [4.78, 5) is 8.10. The fourth-order valence-electron chi connectivity index (χ4n) is 4.23. The predicted molar refractivity (Wildman–Crippen MR) is 106 cm³/mol. The van der Waals surface area contributed by atoms with E-state index in [1.807, 2.05) is 13.0 Å². The summed E-state index contributed by atoms with van der Waals surface area (Å²) in [6, 6.07) is 6.28. The number of thiazole rings is 1. The Hall–Kier alpha value is -2.07. The van der Waals surface area contributed by atoms with Gasteiger partial charge >= 0.3 is 0 Å². The van der Waals surface area contributed by atoms with Gasteiger partial charge < -0.3 is 14.6 Å². The summed E-state index contributed by atoms with van der Waals surface area (Å²) in [6.07, 6.45) is 2.17. The maximum Gasteiger partial charge on any atom is 0.230 e. The van der Waals surface area contributed by atoms with E-state index >= 15 is 0 Å². The summed E-state index contributed by atoms with van der Waals surface area (Å²) in [6.45, 7) is 4.66. The number of aromatic hydroxyl groups is 1. The van der Waals surface area contributed by atoms with Crippen molar-refractivity contribution in [3.8, 4) is 5.88 Å². The first-order chi connectivity index (χ1) is 14.1. The van der Waals surface area contributed by atoms with Crippen LogP contribution in [0.3, 0.4) is 0 Å². The van der Waals surface area contributed by atoms with Crippen LogP contribution in [0.15, 0.2) is 24.3 Å². The van der Waals surface area contributed by atoms with E-state index in [-0.39, 0.29) is 17.7 Å². The number of aryl methyl sites for hydroxylation is 1. The van der Waals surface area contributed by atoms with Gasteiger partial charge in [0.05, 0.1) is 24.1 Å². The van der Waals surface area contributed by atoms with Gasteiger partial charge in [-0.25, -0.2) is 9.37 Å². The summed E-state index contributed by atoms with van der Waals surface area (Å²) in [5.74, 6) is -0.0289. The zero-order chi connectivity index (χ0) is 20.0. The molecule has 0 radical (unpaired) electrons. The molecule has 0 bridgehead atoms. The van der Waals surface area contributed by atoms with Gasteiger partial charge in [-0.1, -0.05) is 30.4 Å². The number of benzene rings is 1. The molecule has 1 N–H and O–H groups in total. The average Bonchev–Trinajstić information content (AvgIpc) is 3.42. The van der Waals surface area contributed by atoms with Crippen molar-refractivity contribution in [3.05, 3.63) is 46.3 Å². The third-order valence-electron chi connectivity index (χ3n) is 5.71. The molecule has 9 heteroatoms. The monoisotopic (exact) mass is 418 g/mol. The van der Waals surface area contributed by atoms with E-state index in [0.29, 0.717) is 43.5 Å². The summed E-state index contributed by atoms with van der Waals surface area (Å²) >= 11 is 1.40. The van der Waals surface area contributed by atoms with Gasteiger partial charge in [-0.2, -0.15) is 4.52 Å². The minimum Gasteiger partial charge on any atom is -0.492 e. The molecule has 5 rings (SSSR count). The van der Waals surface area contributed by atoms with Gasteiger partial charge in [0.25, 0.3) is 0 Å². The molecule has 1 aromatic carbocycles. The molecule has 0 amide bonds. The van der Waals surface area contributed by atoms with E-state index in [2.05, 4.69) is 15.0 Å². The summed E-state index contributed by atoms with van der Waals surface area (Å²) < 4.78 is 27.2. The molecule has 3 aromatic rings. The second-order valence-electron chi connectivity index (χ2n) is 7.47. The Morgan fingerprint density at radius 2 is 2.03 bits per heavy atom. The number of fused-ring (bicyclic) bond motifs is 1. The molecule has 1 spiro atoms. The zero-order valence-corrected chi connectivity index (χ0v) is 17.0. The van der Waals surface area contributed by atoms with Crippen LogP contribution in [0.25, 0.3) is 4.96 Å². The van der Waals surface area contributed by atoms with E-state index in [9.17, 15) is 9.50 Å². The lowest BCUT2D eigenvalue weighted by Gasteiger charge is -2.41. The number of piperidine rings is 1. The smallest absolute Gasteiger partial charge is 0.230 e. The number of aromatic nitrogens is 3. The molecule has 29 heavy (non-hydrogen) atoms. The Morgan fingerprint density at radius 1 is 1.28 bits per heavy atom. The normalized spacial score (nSPS) is 20.6.